The number of benzene rings is 9. The van der Waals surface area contributed by atoms with Gasteiger partial charge >= 0.3 is 0 Å². The first-order valence-electron chi connectivity index (χ1n) is 39.3. The van der Waals surface area contributed by atoms with Gasteiger partial charge in [0.1, 0.15) is 63.9 Å². The summed E-state index contributed by atoms with van der Waals surface area (Å²) in [6.45, 7) is 6.88. The van der Waals surface area contributed by atoms with Gasteiger partial charge in [-0.25, -0.2) is 43.9 Å². The van der Waals surface area contributed by atoms with E-state index in [0.29, 0.717) is 37.0 Å². The van der Waals surface area contributed by atoms with E-state index < -0.39 is 92.7 Å². The molecule has 7 heterocycles. The number of carbonyl (C=O) groups is 5. The smallest absolute Gasteiger partial charge is 0.270 e. The molecule has 4 aliphatic carbocycles. The topological polar surface area (TPSA) is 219 Å². The molecular formula is C91H74F10N10O11S. The molecule has 5 amide bonds. The number of rotatable bonds is 5. The van der Waals surface area contributed by atoms with Crippen molar-refractivity contribution in [3.63, 3.8) is 0 Å². The van der Waals surface area contributed by atoms with Crippen LogP contribution in [0, 0.1) is 58.2 Å². The molecule has 6 aliphatic heterocycles. The normalized spacial score (nSPS) is 21.7. The van der Waals surface area contributed by atoms with Gasteiger partial charge in [0.05, 0.1) is 33.4 Å². The van der Waals surface area contributed by atoms with Crippen LogP contribution in [0.1, 0.15) is 163 Å². The second kappa shape index (κ2) is 33.1. The largest absolute Gasteiger partial charge is 0.486 e. The van der Waals surface area contributed by atoms with Crippen molar-refractivity contribution in [1.82, 2.24) is 25.0 Å². The number of fused-ring (bicyclic) bond motifs is 10. The fraction of sp³-hybridized carbons (Fsp3) is 0.253. The van der Waals surface area contributed by atoms with E-state index >= 15 is 0 Å². The van der Waals surface area contributed by atoms with Crippen molar-refractivity contribution >= 4 is 70.4 Å². The summed E-state index contributed by atoms with van der Waals surface area (Å²) in [7, 11) is 0. The standard InChI is InChI=1S/3C19H16F2N2O2.C17H12F2N2O3.C17H14F2N2O2S/c3*1-12(24)23-19(10-4-6-13-5-2-3-7-16(13)19)25-18(22-23)15-11-14(20)8-9-17(15)21;1-10(22)21-17(9-23-15-5-3-2-4-13(15)17)24-16(20-21)12-8-11(18)6-7-14(12)19;1-10(22)21-17(7-2-3-15-13(17)6-8-24-15)23-16(20-21)12-9-11(18)4-5-14(12)19/h3*2-3,5,7-9,11H,4,6,10H2,1H3;2-8H,9H2,1H3;4-6,8-9H,2-3,7H2,1H3. The number of nitrogens with zero attached hydrogens (tertiary/aromatic N) is 10. The Labute approximate surface area is 701 Å². The van der Waals surface area contributed by atoms with Crippen molar-refractivity contribution in [2.75, 3.05) is 6.61 Å². The van der Waals surface area contributed by atoms with Crippen LogP contribution < -0.4 is 4.74 Å². The number of carbonyl (C=O) groups excluding carboxylic acids is 5. The van der Waals surface area contributed by atoms with E-state index in [4.69, 9.17) is 28.4 Å². The van der Waals surface area contributed by atoms with Gasteiger partial charge in [-0.05, 0) is 183 Å². The highest BCUT2D eigenvalue weighted by molar-refractivity contribution is 7.10. The average molecular weight is 1710 g/mol. The Morgan fingerprint density at radius 1 is 0.309 bits per heavy atom. The van der Waals surface area contributed by atoms with E-state index in [1.165, 1.54) is 54.7 Å². The minimum atomic E-state index is -1.31. The lowest BCUT2D eigenvalue weighted by Crippen LogP contribution is -2.46. The van der Waals surface area contributed by atoms with E-state index in [1.807, 2.05) is 84.2 Å². The molecule has 20 rings (SSSR count). The van der Waals surface area contributed by atoms with Crippen LogP contribution in [0.4, 0.5) is 43.9 Å². The van der Waals surface area contributed by atoms with Crippen molar-refractivity contribution < 1.29 is 96.3 Å². The molecule has 5 spiro atoms. The van der Waals surface area contributed by atoms with Crippen molar-refractivity contribution in [2.24, 2.45) is 25.5 Å². The number of para-hydroxylation sites is 1. The number of thiophene rings is 1. The van der Waals surface area contributed by atoms with Gasteiger partial charge in [-0.3, -0.25) is 24.0 Å². The van der Waals surface area contributed by atoms with E-state index in [9.17, 15) is 67.9 Å². The molecule has 21 nitrogen and oxygen atoms in total. The molecule has 0 saturated carbocycles. The Kier molecular flexibility index (Phi) is 22.4. The molecule has 0 fully saturated rings. The monoisotopic (exact) mass is 1700 g/mol. The quantitative estimate of drug-likeness (QED) is 0.148. The minimum absolute atomic E-state index is 0.00978. The zero-order chi connectivity index (χ0) is 86.6. The number of hydrazone groups is 5. The maximum absolute atomic E-state index is 14.2. The number of hydrogen-bond acceptors (Lipinski definition) is 17. The molecule has 9 aromatic carbocycles. The van der Waals surface area contributed by atoms with Crippen LogP contribution >= 0.6 is 11.3 Å². The van der Waals surface area contributed by atoms with E-state index in [1.54, 1.807) is 35.6 Å². The molecule has 0 N–H and O–H groups in total. The highest BCUT2D eigenvalue weighted by Crippen LogP contribution is 2.52. The SMILES string of the molecule is CC(=O)N1N=C(c2cc(F)ccc2F)OC12CCCc1ccccc12.CC(=O)N1N=C(c2cc(F)ccc2F)OC12CCCc1ccccc12.CC(=O)N1N=C(c2cc(F)ccc2F)OC12CCCc1ccccc12.CC(=O)N1N=C(c2cc(F)ccc2F)OC12CCCc1sccc12.CC(=O)N1N=C(c2cc(F)ccc2F)OC12COc1ccccc12. The summed E-state index contributed by atoms with van der Waals surface area (Å²) in [5, 5.41) is 29.0. The summed E-state index contributed by atoms with van der Waals surface area (Å²) in [4.78, 5) is 62.0. The Morgan fingerprint density at radius 2 is 0.569 bits per heavy atom. The zero-order valence-corrected chi connectivity index (χ0v) is 67.2. The molecule has 5 atom stereocenters. The number of amides is 5. The van der Waals surface area contributed by atoms with Crippen molar-refractivity contribution in [2.45, 2.75) is 140 Å². The molecular weight excluding hydrogens is 1630 g/mol. The van der Waals surface area contributed by atoms with Crippen LogP contribution in [0.2, 0.25) is 0 Å². The highest BCUT2D eigenvalue weighted by Gasteiger charge is 2.58. The highest BCUT2D eigenvalue weighted by atomic mass is 32.1. The summed E-state index contributed by atoms with van der Waals surface area (Å²) < 4.78 is 174. The zero-order valence-electron chi connectivity index (χ0n) is 66.4. The maximum atomic E-state index is 14.2. The Balaban J connectivity index is 0.000000114. The summed E-state index contributed by atoms with van der Waals surface area (Å²) >= 11 is 1.60. The molecule has 0 saturated heterocycles. The van der Waals surface area contributed by atoms with Crippen LogP contribution in [0.3, 0.4) is 0 Å². The lowest BCUT2D eigenvalue weighted by Gasteiger charge is -2.39. The van der Waals surface area contributed by atoms with Crippen molar-refractivity contribution in [1.29, 1.82) is 0 Å². The first-order chi connectivity index (χ1) is 59.0. The predicted molar refractivity (Wildman–Crippen MR) is 428 cm³/mol. The Morgan fingerprint density at radius 3 is 0.878 bits per heavy atom. The number of ether oxygens (including phenoxy) is 6. The van der Waals surface area contributed by atoms with Crippen LogP contribution in [-0.4, -0.2) is 90.7 Å². The molecule has 32 heteroatoms. The van der Waals surface area contributed by atoms with Crippen molar-refractivity contribution in [3.05, 3.63) is 335 Å². The van der Waals surface area contributed by atoms with E-state index in [-0.39, 0.29) is 87.5 Å². The Bertz CT molecular complexity index is 5780. The lowest BCUT2D eigenvalue weighted by atomic mass is 9.84. The summed E-state index contributed by atoms with van der Waals surface area (Å²) in [6.07, 6.45) is 8.91. The molecule has 630 valence electrons. The molecule has 0 radical (unpaired) electrons. The molecule has 1 aromatic heterocycles. The molecule has 5 unspecified atom stereocenters. The van der Waals surface area contributed by atoms with Gasteiger partial charge in [0, 0.05) is 87.4 Å². The summed E-state index contributed by atoms with van der Waals surface area (Å²) in [5.41, 5.74) is 1.02. The molecule has 0 bridgehead atoms. The minimum Gasteiger partial charge on any atom is -0.486 e. The van der Waals surface area contributed by atoms with Gasteiger partial charge in [0.2, 0.25) is 81.9 Å². The van der Waals surface area contributed by atoms with Crippen LogP contribution in [0.15, 0.2) is 225 Å². The van der Waals surface area contributed by atoms with E-state index in [2.05, 4.69) is 25.5 Å². The van der Waals surface area contributed by atoms with Crippen LogP contribution in [0.25, 0.3) is 0 Å². The fourth-order valence-corrected chi connectivity index (χ4v) is 18.0. The van der Waals surface area contributed by atoms with E-state index in [0.717, 1.165) is 191 Å². The van der Waals surface area contributed by atoms with Crippen LogP contribution in [-0.2, 0) is 102 Å². The number of hydrogen-bond donors (Lipinski definition) is 0. The first-order valence-corrected chi connectivity index (χ1v) is 40.2. The average Bonchev–Trinajstić information content (AvgIpc) is 1.65. The van der Waals surface area contributed by atoms with Crippen molar-refractivity contribution in [3.8, 4) is 5.75 Å². The fourth-order valence-electron chi connectivity index (χ4n) is 17.0. The third-order valence-electron chi connectivity index (χ3n) is 22.3. The third kappa shape index (κ3) is 15.2. The second-order valence-electron chi connectivity index (χ2n) is 30.2. The summed E-state index contributed by atoms with van der Waals surface area (Å²) in [5.74, 6) is -7.85. The van der Waals surface area contributed by atoms with Gasteiger partial charge in [-0.2, -0.15) is 25.0 Å². The Hall–Kier alpha value is -13.5. The molecule has 10 aromatic rings. The lowest BCUT2D eigenvalue weighted by molar-refractivity contribution is -0.152. The third-order valence-corrected chi connectivity index (χ3v) is 23.3. The molecule has 123 heavy (non-hydrogen) atoms. The predicted octanol–water partition coefficient (Wildman–Crippen LogP) is 17.6. The maximum Gasteiger partial charge on any atom is 0.270 e. The van der Waals surface area contributed by atoms with Gasteiger partial charge in [0.25, 0.3) is 5.72 Å². The van der Waals surface area contributed by atoms with Gasteiger partial charge in [0.15, 0.2) is 6.61 Å². The molecule has 10 aliphatic rings. The van der Waals surface area contributed by atoms with Gasteiger partial charge in [-0.1, -0.05) is 84.9 Å². The second-order valence-corrected chi connectivity index (χ2v) is 31.2. The van der Waals surface area contributed by atoms with Gasteiger partial charge in [-0.15, -0.1) is 36.8 Å². The van der Waals surface area contributed by atoms with Crippen LogP contribution in [0.5, 0.6) is 5.75 Å². The summed E-state index contributed by atoms with van der Waals surface area (Å²) in [6, 6.07) is 47.3. The van der Waals surface area contributed by atoms with Gasteiger partial charge < -0.3 is 28.4 Å². The number of halogens is 10. The number of aryl methyl sites for hydroxylation is 4. The first kappa shape index (κ1) is 83.1.